The average Bonchev–Trinajstić information content (AvgIpc) is 3.63. The minimum absolute atomic E-state index is 0.160. The van der Waals surface area contributed by atoms with E-state index in [4.69, 9.17) is 33.0 Å². The van der Waals surface area contributed by atoms with Crippen molar-refractivity contribution in [2.75, 3.05) is 24.6 Å². The van der Waals surface area contributed by atoms with Crippen LogP contribution in [-0.4, -0.2) is 38.4 Å². The second kappa shape index (κ2) is 15.6. The Hall–Kier alpha value is -3.88. The Morgan fingerprint density at radius 1 is 0.900 bits per heavy atom. The summed E-state index contributed by atoms with van der Waals surface area (Å²) in [5, 5.41) is 5.94. The van der Waals surface area contributed by atoms with E-state index >= 15 is 0 Å². The number of nitrogens with zero attached hydrogens (tertiary/aromatic N) is 3. The molecule has 6 rings (SSSR count). The average molecular weight is 728 g/mol. The summed E-state index contributed by atoms with van der Waals surface area (Å²) in [6, 6.07) is 35.1. The number of aromatic nitrogens is 2. The third-order valence-electron chi connectivity index (χ3n) is 9.40. The molecule has 2 atom stereocenters. The van der Waals surface area contributed by atoms with Crippen molar-refractivity contribution in [2.45, 2.75) is 49.9 Å². The summed E-state index contributed by atoms with van der Waals surface area (Å²) in [7, 11) is -1.33. The maximum atomic E-state index is 13.6. The summed E-state index contributed by atoms with van der Waals surface area (Å²) in [6.45, 7) is 11.6. The monoisotopic (exact) mass is 726 g/mol. The SMILES string of the molecule is C=CCOc1cc(Cl)c(Cl)cc1[C@H](NS(=O)C(C)(C)C)C1CCN(c2cnn(C(c3ccccc3)(c3ccccc3)c3ccccc3)c2)CC1. The van der Waals surface area contributed by atoms with Crippen LogP contribution in [0.25, 0.3) is 0 Å². The van der Waals surface area contributed by atoms with Crippen LogP contribution >= 0.6 is 23.2 Å². The summed E-state index contributed by atoms with van der Waals surface area (Å²) in [5.41, 5.74) is 4.61. The molecule has 9 heteroatoms. The lowest BCUT2D eigenvalue weighted by molar-refractivity contribution is 0.309. The van der Waals surface area contributed by atoms with Gasteiger partial charge in [-0.1, -0.05) is 127 Å². The van der Waals surface area contributed by atoms with Crippen LogP contribution in [0.1, 0.15) is 61.9 Å². The minimum Gasteiger partial charge on any atom is -0.489 e. The Balaban J connectivity index is 1.33. The second-order valence-corrected chi connectivity index (χ2v) is 16.5. The standard InChI is InChI=1S/C41H44Cl2N4O2S/c1-5-25-49-38-27-37(43)36(42)26-35(38)39(45-50(48)40(2,3)4)30-21-23-46(24-22-30)34-28-44-47(29-34)41(31-15-9-6-10-16-31,32-17-11-7-12-18-32)33-19-13-8-14-20-33/h5-20,26-30,39,45H,1,21-25H2,2-4H3/t39-,50?/m1/s1. The normalized spacial score (nSPS) is 15.4. The number of hydrogen-bond donors (Lipinski definition) is 1. The number of benzene rings is 4. The van der Waals surface area contributed by atoms with Gasteiger partial charge >= 0.3 is 0 Å². The summed E-state index contributed by atoms with van der Waals surface area (Å²) in [6.07, 6.45) is 7.56. The molecule has 50 heavy (non-hydrogen) atoms. The zero-order valence-electron chi connectivity index (χ0n) is 28.8. The third kappa shape index (κ3) is 7.42. The Kier molecular flexibility index (Phi) is 11.2. The van der Waals surface area contributed by atoms with Gasteiger partial charge in [0.1, 0.15) is 17.9 Å². The number of hydrogen-bond acceptors (Lipinski definition) is 4. The maximum Gasteiger partial charge on any atom is 0.138 e. The number of ether oxygens (including phenoxy) is 1. The first kappa shape index (κ1) is 35.9. The molecule has 1 aromatic heterocycles. The van der Waals surface area contributed by atoms with E-state index in [0.717, 1.165) is 53.9 Å². The number of nitrogens with one attached hydrogen (secondary N) is 1. The van der Waals surface area contributed by atoms with E-state index < -0.39 is 21.3 Å². The molecule has 1 fully saturated rings. The summed E-state index contributed by atoms with van der Waals surface area (Å²) >= 11 is 13.0. The van der Waals surface area contributed by atoms with E-state index in [1.54, 1.807) is 12.1 Å². The minimum atomic E-state index is -1.33. The smallest absolute Gasteiger partial charge is 0.138 e. The highest BCUT2D eigenvalue weighted by Gasteiger charge is 2.40. The molecular formula is C41H44Cl2N4O2S. The zero-order valence-corrected chi connectivity index (χ0v) is 31.1. The van der Waals surface area contributed by atoms with Crippen molar-refractivity contribution in [3.63, 3.8) is 0 Å². The van der Waals surface area contributed by atoms with Crippen LogP contribution in [0.15, 0.2) is 128 Å². The van der Waals surface area contributed by atoms with Crippen molar-refractivity contribution in [2.24, 2.45) is 5.92 Å². The number of halogens is 2. The summed E-state index contributed by atoms with van der Waals surface area (Å²) in [5.74, 6) is 0.776. The lowest BCUT2D eigenvalue weighted by atomic mass is 9.77. The largest absolute Gasteiger partial charge is 0.489 e. The number of rotatable bonds is 12. The topological polar surface area (TPSA) is 59.4 Å². The predicted octanol–water partition coefficient (Wildman–Crippen LogP) is 9.60. The number of anilines is 1. The second-order valence-electron chi connectivity index (χ2n) is 13.7. The van der Waals surface area contributed by atoms with Crippen LogP contribution < -0.4 is 14.4 Å². The van der Waals surface area contributed by atoms with Gasteiger partial charge in [-0.05, 0) is 62.3 Å². The summed E-state index contributed by atoms with van der Waals surface area (Å²) in [4.78, 5) is 2.40. The van der Waals surface area contributed by atoms with Crippen LogP contribution in [0.3, 0.4) is 0 Å². The van der Waals surface area contributed by atoms with E-state index in [1.807, 2.05) is 33.0 Å². The van der Waals surface area contributed by atoms with Gasteiger partial charge in [-0.3, -0.25) is 4.68 Å². The van der Waals surface area contributed by atoms with Crippen molar-refractivity contribution < 1.29 is 8.95 Å². The number of piperidine rings is 1. The quantitative estimate of drug-likeness (QED) is 0.103. The molecule has 4 aromatic carbocycles. The summed E-state index contributed by atoms with van der Waals surface area (Å²) < 4.78 is 24.8. The van der Waals surface area contributed by atoms with Crippen molar-refractivity contribution in [3.8, 4) is 5.75 Å². The van der Waals surface area contributed by atoms with Crippen molar-refractivity contribution in [3.05, 3.63) is 160 Å². The van der Waals surface area contributed by atoms with Crippen LogP contribution in [-0.2, 0) is 16.5 Å². The molecule has 1 unspecified atom stereocenters. The van der Waals surface area contributed by atoms with Crippen molar-refractivity contribution >= 4 is 39.9 Å². The molecular weight excluding hydrogens is 683 g/mol. The third-order valence-corrected chi connectivity index (χ3v) is 11.7. The van der Waals surface area contributed by atoms with Gasteiger partial charge in [-0.15, -0.1) is 0 Å². The van der Waals surface area contributed by atoms with Gasteiger partial charge in [0.2, 0.25) is 0 Å². The zero-order chi connectivity index (χ0) is 35.3. The fraction of sp³-hybridized carbons (Fsp3) is 0.293. The first-order valence-electron chi connectivity index (χ1n) is 17.0. The van der Waals surface area contributed by atoms with Crippen LogP contribution in [0.2, 0.25) is 10.0 Å². The van der Waals surface area contributed by atoms with Gasteiger partial charge in [0, 0.05) is 24.7 Å². The Morgan fingerprint density at radius 3 is 1.92 bits per heavy atom. The molecule has 0 spiro atoms. The van der Waals surface area contributed by atoms with Gasteiger partial charge in [0.05, 0.1) is 49.9 Å². The molecule has 0 saturated carbocycles. The Bertz CT molecular complexity index is 1810. The van der Waals surface area contributed by atoms with Crippen molar-refractivity contribution in [1.29, 1.82) is 0 Å². The maximum absolute atomic E-state index is 13.6. The van der Waals surface area contributed by atoms with Crippen LogP contribution in [0.4, 0.5) is 5.69 Å². The molecule has 1 aliphatic heterocycles. The Morgan fingerprint density at radius 2 is 1.42 bits per heavy atom. The fourth-order valence-electron chi connectivity index (χ4n) is 6.85. The fourth-order valence-corrected chi connectivity index (χ4v) is 8.08. The van der Waals surface area contributed by atoms with Gasteiger partial charge in [-0.2, -0.15) is 5.10 Å². The molecule has 0 aliphatic carbocycles. The Labute approximate surface area is 308 Å². The van der Waals surface area contributed by atoms with E-state index in [2.05, 4.69) is 118 Å². The lowest BCUT2D eigenvalue weighted by Crippen LogP contribution is -2.43. The van der Waals surface area contributed by atoms with Gasteiger partial charge in [0.15, 0.2) is 0 Å². The van der Waals surface area contributed by atoms with E-state index in [-0.39, 0.29) is 12.0 Å². The van der Waals surface area contributed by atoms with E-state index in [1.165, 1.54) is 0 Å². The van der Waals surface area contributed by atoms with E-state index in [0.29, 0.717) is 22.4 Å². The molecule has 0 amide bonds. The highest BCUT2D eigenvalue weighted by molar-refractivity contribution is 7.84. The molecule has 0 bridgehead atoms. The molecule has 1 aliphatic rings. The van der Waals surface area contributed by atoms with Gasteiger partial charge in [-0.25, -0.2) is 8.93 Å². The molecule has 1 N–H and O–H groups in total. The molecule has 260 valence electrons. The van der Waals surface area contributed by atoms with Crippen molar-refractivity contribution in [1.82, 2.24) is 14.5 Å². The van der Waals surface area contributed by atoms with Crippen LogP contribution in [0.5, 0.6) is 5.75 Å². The van der Waals surface area contributed by atoms with Crippen LogP contribution in [0, 0.1) is 5.92 Å². The van der Waals surface area contributed by atoms with Gasteiger partial charge in [0.25, 0.3) is 0 Å². The molecule has 6 nitrogen and oxygen atoms in total. The molecule has 5 aromatic rings. The van der Waals surface area contributed by atoms with Gasteiger partial charge < -0.3 is 9.64 Å². The predicted molar refractivity (Wildman–Crippen MR) is 208 cm³/mol. The lowest BCUT2D eigenvalue weighted by Gasteiger charge is -2.38. The highest BCUT2D eigenvalue weighted by atomic mass is 35.5. The first-order chi connectivity index (χ1) is 24.1. The first-order valence-corrected chi connectivity index (χ1v) is 18.9. The molecule has 0 radical (unpaired) electrons. The molecule has 1 saturated heterocycles. The highest BCUT2D eigenvalue weighted by Crippen LogP contribution is 2.43. The molecule has 2 heterocycles. The van der Waals surface area contributed by atoms with E-state index in [9.17, 15) is 4.21 Å².